The quantitative estimate of drug-likeness (QED) is 0.945. The number of alkyl halides is 3. The zero-order valence-corrected chi connectivity index (χ0v) is 11.2. The smallest absolute Gasteiger partial charge is 0.397 e. The van der Waals surface area contributed by atoms with Crippen LogP contribution in [-0.4, -0.2) is 22.4 Å². The topological polar surface area (TPSA) is 51.0 Å². The molecule has 2 aromatic rings. The number of hydrogen-bond donors (Lipinski definition) is 1. The van der Waals surface area contributed by atoms with Crippen LogP contribution < -0.4 is 5.32 Å². The lowest BCUT2D eigenvalue weighted by Gasteiger charge is -2.24. The van der Waals surface area contributed by atoms with Crippen LogP contribution in [0.4, 0.5) is 19.2 Å². The molecule has 0 aliphatic heterocycles. The molecule has 1 unspecified atom stereocenters. The SMILES string of the molecule is FC(F)(F)Cc1nnc(NC2CCc3ccccc3C2)o1. The van der Waals surface area contributed by atoms with Crippen molar-refractivity contribution < 1.29 is 17.6 Å². The molecule has 0 fully saturated rings. The van der Waals surface area contributed by atoms with Crippen LogP contribution in [0.3, 0.4) is 0 Å². The number of aromatic nitrogens is 2. The van der Waals surface area contributed by atoms with Crippen molar-refractivity contribution in [3.05, 3.63) is 41.3 Å². The third-order valence-corrected chi connectivity index (χ3v) is 3.49. The summed E-state index contributed by atoms with van der Waals surface area (Å²) in [7, 11) is 0. The van der Waals surface area contributed by atoms with Crippen LogP contribution in [0.25, 0.3) is 0 Å². The molecule has 0 saturated carbocycles. The van der Waals surface area contributed by atoms with Crippen LogP contribution in [0, 0.1) is 0 Å². The van der Waals surface area contributed by atoms with Crippen LogP contribution in [0.5, 0.6) is 0 Å². The molecule has 1 aliphatic carbocycles. The highest BCUT2D eigenvalue weighted by atomic mass is 19.4. The van der Waals surface area contributed by atoms with Gasteiger partial charge in [0.05, 0.1) is 0 Å². The highest BCUT2D eigenvalue weighted by molar-refractivity contribution is 5.33. The van der Waals surface area contributed by atoms with Crippen molar-refractivity contribution >= 4 is 6.01 Å². The van der Waals surface area contributed by atoms with Crippen LogP contribution >= 0.6 is 0 Å². The van der Waals surface area contributed by atoms with Crippen molar-refractivity contribution in [2.45, 2.75) is 37.9 Å². The van der Waals surface area contributed by atoms with E-state index in [1.54, 1.807) is 0 Å². The Morgan fingerprint density at radius 2 is 1.95 bits per heavy atom. The van der Waals surface area contributed by atoms with Gasteiger partial charge in [0.15, 0.2) is 0 Å². The number of nitrogens with zero attached hydrogens (tertiary/aromatic N) is 2. The Morgan fingerprint density at radius 3 is 2.71 bits per heavy atom. The fraction of sp³-hybridized carbons (Fsp3) is 0.429. The van der Waals surface area contributed by atoms with Gasteiger partial charge in [-0.25, -0.2) is 0 Å². The van der Waals surface area contributed by atoms with Gasteiger partial charge in [-0.15, -0.1) is 5.10 Å². The standard InChI is InChI=1S/C14H14F3N3O/c15-14(16,17)8-12-19-20-13(21-12)18-11-6-5-9-3-1-2-4-10(9)7-11/h1-4,11H,5-8H2,(H,18,20). The number of hydrogen-bond acceptors (Lipinski definition) is 4. The molecule has 1 N–H and O–H groups in total. The Hall–Kier alpha value is -2.05. The molecule has 21 heavy (non-hydrogen) atoms. The van der Waals surface area contributed by atoms with Crippen molar-refractivity contribution in [3.63, 3.8) is 0 Å². The van der Waals surface area contributed by atoms with Crippen LogP contribution in [0.15, 0.2) is 28.7 Å². The van der Waals surface area contributed by atoms with Gasteiger partial charge in [-0.05, 0) is 30.4 Å². The van der Waals surface area contributed by atoms with E-state index in [1.807, 2.05) is 12.1 Å². The maximum Gasteiger partial charge on any atom is 0.397 e. The fourth-order valence-corrected chi connectivity index (χ4v) is 2.55. The minimum absolute atomic E-state index is 0.0543. The highest BCUT2D eigenvalue weighted by Crippen LogP contribution is 2.25. The van der Waals surface area contributed by atoms with Gasteiger partial charge in [0.1, 0.15) is 6.42 Å². The van der Waals surface area contributed by atoms with Gasteiger partial charge in [-0.3, -0.25) is 0 Å². The van der Waals surface area contributed by atoms with Crippen molar-refractivity contribution in [1.82, 2.24) is 10.2 Å². The number of fused-ring (bicyclic) bond motifs is 1. The second kappa shape index (κ2) is 5.38. The molecule has 4 nitrogen and oxygen atoms in total. The molecule has 0 bridgehead atoms. The van der Waals surface area contributed by atoms with E-state index in [2.05, 4.69) is 27.6 Å². The van der Waals surface area contributed by atoms with E-state index in [4.69, 9.17) is 4.42 Å². The van der Waals surface area contributed by atoms with Gasteiger partial charge >= 0.3 is 12.2 Å². The summed E-state index contributed by atoms with van der Waals surface area (Å²) in [5.41, 5.74) is 2.56. The molecule has 1 atom stereocenters. The first-order chi connectivity index (χ1) is 9.99. The summed E-state index contributed by atoms with van der Waals surface area (Å²) < 4.78 is 41.7. The number of aryl methyl sites for hydroxylation is 1. The third kappa shape index (κ3) is 3.53. The zero-order chi connectivity index (χ0) is 14.9. The summed E-state index contributed by atoms with van der Waals surface area (Å²) in [5.74, 6) is -0.416. The molecule has 0 radical (unpaired) electrons. The van der Waals surface area contributed by atoms with Crippen LogP contribution in [-0.2, 0) is 19.3 Å². The van der Waals surface area contributed by atoms with Crippen LogP contribution in [0.1, 0.15) is 23.4 Å². The van der Waals surface area contributed by atoms with Crippen molar-refractivity contribution in [3.8, 4) is 0 Å². The fourth-order valence-electron chi connectivity index (χ4n) is 2.55. The molecule has 112 valence electrons. The van der Waals surface area contributed by atoms with Crippen LogP contribution in [0.2, 0.25) is 0 Å². The lowest BCUT2D eigenvalue weighted by atomic mass is 9.88. The summed E-state index contributed by atoms with van der Waals surface area (Å²) >= 11 is 0. The second-order valence-electron chi connectivity index (χ2n) is 5.15. The summed E-state index contributed by atoms with van der Waals surface area (Å²) in [4.78, 5) is 0. The lowest BCUT2D eigenvalue weighted by molar-refractivity contribution is -0.130. The molecular formula is C14H14F3N3O. The predicted molar refractivity (Wildman–Crippen MR) is 69.9 cm³/mol. The number of halogens is 3. The number of nitrogens with one attached hydrogen (secondary N) is 1. The van der Waals surface area contributed by atoms with Gasteiger partial charge in [0.2, 0.25) is 5.89 Å². The number of benzene rings is 1. The second-order valence-corrected chi connectivity index (χ2v) is 5.15. The molecule has 7 heteroatoms. The first-order valence-corrected chi connectivity index (χ1v) is 6.72. The lowest BCUT2D eigenvalue weighted by Crippen LogP contribution is -2.27. The van der Waals surface area contributed by atoms with Gasteiger partial charge in [-0.1, -0.05) is 29.4 Å². The van der Waals surface area contributed by atoms with Crippen molar-refractivity contribution in [2.24, 2.45) is 0 Å². The Morgan fingerprint density at radius 1 is 1.19 bits per heavy atom. The molecule has 3 rings (SSSR count). The van der Waals surface area contributed by atoms with E-state index >= 15 is 0 Å². The van der Waals surface area contributed by atoms with E-state index in [1.165, 1.54) is 11.1 Å². The Labute approximate surface area is 119 Å². The largest absolute Gasteiger partial charge is 0.408 e. The maximum absolute atomic E-state index is 12.2. The van der Waals surface area contributed by atoms with Crippen molar-refractivity contribution in [1.29, 1.82) is 0 Å². The minimum Gasteiger partial charge on any atom is -0.408 e. The van der Waals surface area contributed by atoms with E-state index in [-0.39, 0.29) is 12.1 Å². The molecule has 0 saturated heterocycles. The van der Waals surface area contributed by atoms with Gasteiger partial charge in [0.25, 0.3) is 0 Å². The Kier molecular flexibility index (Phi) is 3.57. The summed E-state index contributed by atoms with van der Waals surface area (Å²) in [6.45, 7) is 0. The highest BCUT2D eigenvalue weighted by Gasteiger charge is 2.31. The molecule has 1 aliphatic rings. The van der Waals surface area contributed by atoms with Gasteiger partial charge in [-0.2, -0.15) is 13.2 Å². The van der Waals surface area contributed by atoms with E-state index in [9.17, 15) is 13.2 Å². The van der Waals surface area contributed by atoms with Crippen molar-refractivity contribution in [2.75, 3.05) is 5.32 Å². The first kappa shape index (κ1) is 13.9. The Balaban J connectivity index is 1.63. The third-order valence-electron chi connectivity index (χ3n) is 3.49. The molecule has 1 heterocycles. The number of anilines is 1. The molecule has 1 aromatic carbocycles. The van der Waals surface area contributed by atoms with E-state index in [0.717, 1.165) is 19.3 Å². The normalized spacial score (nSPS) is 18.3. The zero-order valence-electron chi connectivity index (χ0n) is 11.2. The predicted octanol–water partition coefficient (Wildman–Crippen LogP) is 3.14. The molecule has 0 spiro atoms. The monoisotopic (exact) mass is 297 g/mol. The summed E-state index contributed by atoms with van der Waals surface area (Å²) in [5, 5.41) is 10.1. The number of rotatable bonds is 3. The van der Waals surface area contributed by atoms with Gasteiger partial charge < -0.3 is 9.73 Å². The minimum atomic E-state index is -4.34. The summed E-state index contributed by atoms with van der Waals surface area (Å²) in [6.07, 6.45) is -2.93. The molecular weight excluding hydrogens is 283 g/mol. The van der Waals surface area contributed by atoms with E-state index in [0.29, 0.717) is 0 Å². The molecule has 0 amide bonds. The summed E-state index contributed by atoms with van der Waals surface area (Å²) in [6, 6.07) is 8.30. The van der Waals surface area contributed by atoms with Gasteiger partial charge in [0, 0.05) is 6.04 Å². The maximum atomic E-state index is 12.2. The average molecular weight is 297 g/mol. The first-order valence-electron chi connectivity index (χ1n) is 6.72. The average Bonchev–Trinajstić information content (AvgIpc) is 2.83. The molecule has 1 aromatic heterocycles. The Bertz CT molecular complexity index is 624. The van der Waals surface area contributed by atoms with E-state index < -0.39 is 18.5 Å².